The number of anilines is 1. The van der Waals surface area contributed by atoms with Gasteiger partial charge in [0.05, 0.1) is 11.2 Å². The summed E-state index contributed by atoms with van der Waals surface area (Å²) in [7, 11) is 0. The minimum absolute atomic E-state index is 0.741. The van der Waals surface area contributed by atoms with E-state index in [0.29, 0.717) is 0 Å². The molecule has 0 aliphatic carbocycles. The highest BCUT2D eigenvalue weighted by molar-refractivity contribution is 5.92. The van der Waals surface area contributed by atoms with Crippen LogP contribution < -0.4 is 5.73 Å². The number of fused-ring (bicyclic) bond motifs is 1. The zero-order valence-electron chi connectivity index (χ0n) is 9.17. The van der Waals surface area contributed by atoms with Crippen LogP contribution in [0.15, 0.2) is 54.9 Å². The Labute approximate surface area is 98.9 Å². The van der Waals surface area contributed by atoms with Gasteiger partial charge >= 0.3 is 0 Å². The Hall–Kier alpha value is -2.42. The lowest BCUT2D eigenvalue weighted by molar-refractivity contribution is 1.22. The topological polar surface area (TPSA) is 51.8 Å². The lowest BCUT2D eigenvalue weighted by Crippen LogP contribution is -1.90. The van der Waals surface area contributed by atoms with Crippen LogP contribution >= 0.6 is 0 Å². The first-order valence-corrected chi connectivity index (χ1v) is 5.40. The summed E-state index contributed by atoms with van der Waals surface area (Å²) in [6.07, 6.45) is 1.58. The van der Waals surface area contributed by atoms with E-state index in [1.165, 1.54) is 0 Å². The van der Waals surface area contributed by atoms with Crippen molar-refractivity contribution in [2.24, 2.45) is 0 Å². The molecular formula is C14H11N3. The Morgan fingerprint density at radius 2 is 1.76 bits per heavy atom. The van der Waals surface area contributed by atoms with E-state index < -0.39 is 0 Å². The molecule has 1 heterocycles. The molecule has 3 rings (SSSR count). The molecule has 82 valence electrons. The van der Waals surface area contributed by atoms with Crippen molar-refractivity contribution in [2.45, 2.75) is 0 Å². The van der Waals surface area contributed by atoms with Gasteiger partial charge in [-0.1, -0.05) is 30.3 Å². The Morgan fingerprint density at radius 3 is 2.65 bits per heavy atom. The monoisotopic (exact) mass is 221 g/mol. The van der Waals surface area contributed by atoms with E-state index in [2.05, 4.69) is 9.97 Å². The van der Waals surface area contributed by atoms with Gasteiger partial charge in [-0.2, -0.15) is 0 Å². The van der Waals surface area contributed by atoms with Crippen LogP contribution in [-0.4, -0.2) is 9.97 Å². The summed E-state index contributed by atoms with van der Waals surface area (Å²) in [4.78, 5) is 8.60. The molecule has 0 bridgehead atoms. The van der Waals surface area contributed by atoms with Gasteiger partial charge < -0.3 is 5.73 Å². The zero-order valence-corrected chi connectivity index (χ0v) is 9.17. The summed E-state index contributed by atoms with van der Waals surface area (Å²) in [5.41, 5.74) is 9.42. The van der Waals surface area contributed by atoms with E-state index in [4.69, 9.17) is 5.73 Å². The third-order valence-corrected chi connectivity index (χ3v) is 2.70. The maximum atomic E-state index is 5.80. The molecule has 0 aliphatic rings. The molecule has 3 heteroatoms. The lowest BCUT2D eigenvalue weighted by Gasteiger charge is -2.05. The highest BCUT2D eigenvalue weighted by Crippen LogP contribution is 2.25. The molecule has 17 heavy (non-hydrogen) atoms. The number of nitrogens with two attached hydrogens (primary N) is 1. The van der Waals surface area contributed by atoms with Crippen LogP contribution in [0.1, 0.15) is 0 Å². The van der Waals surface area contributed by atoms with Crippen molar-refractivity contribution in [2.75, 3.05) is 5.73 Å². The van der Waals surface area contributed by atoms with Crippen molar-refractivity contribution in [1.29, 1.82) is 0 Å². The van der Waals surface area contributed by atoms with Gasteiger partial charge in [-0.05, 0) is 18.2 Å². The summed E-state index contributed by atoms with van der Waals surface area (Å²) >= 11 is 0. The Kier molecular flexibility index (Phi) is 2.22. The van der Waals surface area contributed by atoms with Crippen molar-refractivity contribution >= 4 is 16.6 Å². The molecule has 0 amide bonds. The fraction of sp³-hybridized carbons (Fsp3) is 0. The number of aromatic nitrogens is 2. The van der Waals surface area contributed by atoms with Gasteiger partial charge in [0, 0.05) is 16.6 Å². The van der Waals surface area contributed by atoms with Crippen LogP contribution in [-0.2, 0) is 0 Å². The molecule has 0 saturated heterocycles. The van der Waals surface area contributed by atoms with Crippen molar-refractivity contribution in [1.82, 2.24) is 9.97 Å². The second kappa shape index (κ2) is 3.87. The molecule has 0 fully saturated rings. The summed E-state index contributed by atoms with van der Waals surface area (Å²) in [6, 6.07) is 15.7. The summed E-state index contributed by atoms with van der Waals surface area (Å²) in [5, 5.41) is 1.04. The van der Waals surface area contributed by atoms with Gasteiger partial charge in [0.2, 0.25) is 0 Å². The molecule has 0 atom stereocenters. The highest BCUT2D eigenvalue weighted by atomic mass is 14.8. The predicted molar refractivity (Wildman–Crippen MR) is 69.4 cm³/mol. The number of hydrogen-bond acceptors (Lipinski definition) is 3. The fourth-order valence-electron chi connectivity index (χ4n) is 1.92. The molecule has 3 aromatic rings. The van der Waals surface area contributed by atoms with Crippen molar-refractivity contribution in [3.63, 3.8) is 0 Å². The van der Waals surface area contributed by atoms with Crippen molar-refractivity contribution in [3.05, 3.63) is 54.9 Å². The molecule has 2 aromatic carbocycles. The van der Waals surface area contributed by atoms with Gasteiger partial charge in [0.1, 0.15) is 6.33 Å². The average Bonchev–Trinajstić information content (AvgIpc) is 2.38. The molecule has 2 N–H and O–H groups in total. The minimum Gasteiger partial charge on any atom is -0.399 e. The predicted octanol–water partition coefficient (Wildman–Crippen LogP) is 2.88. The highest BCUT2D eigenvalue weighted by Gasteiger charge is 2.05. The fourth-order valence-corrected chi connectivity index (χ4v) is 1.92. The van der Waals surface area contributed by atoms with Gasteiger partial charge in [0.15, 0.2) is 0 Å². The second-order valence-electron chi connectivity index (χ2n) is 3.86. The number of benzene rings is 2. The maximum Gasteiger partial charge on any atom is 0.116 e. The molecular weight excluding hydrogens is 210 g/mol. The first-order valence-electron chi connectivity index (χ1n) is 5.40. The molecule has 0 radical (unpaired) electrons. The van der Waals surface area contributed by atoms with Crippen LogP contribution in [0, 0.1) is 0 Å². The average molecular weight is 221 g/mol. The van der Waals surface area contributed by atoms with Crippen LogP contribution in [0.3, 0.4) is 0 Å². The largest absolute Gasteiger partial charge is 0.399 e. The number of nitrogens with zero attached hydrogens (tertiary/aromatic N) is 2. The number of para-hydroxylation sites is 1. The Morgan fingerprint density at radius 1 is 0.882 bits per heavy atom. The molecule has 0 saturated carbocycles. The normalized spacial score (nSPS) is 10.6. The third kappa shape index (κ3) is 1.72. The molecule has 3 nitrogen and oxygen atoms in total. The van der Waals surface area contributed by atoms with E-state index in [9.17, 15) is 0 Å². The Bertz CT molecular complexity index is 672. The van der Waals surface area contributed by atoms with Crippen LogP contribution in [0.25, 0.3) is 22.2 Å². The summed E-state index contributed by atoms with van der Waals surface area (Å²) in [6.45, 7) is 0. The van der Waals surface area contributed by atoms with E-state index in [-0.39, 0.29) is 0 Å². The number of nitrogen functional groups attached to an aromatic ring is 1. The van der Waals surface area contributed by atoms with Gasteiger partial charge in [-0.15, -0.1) is 0 Å². The molecule has 0 spiro atoms. The first-order chi connectivity index (χ1) is 8.34. The van der Waals surface area contributed by atoms with Crippen LogP contribution in [0.4, 0.5) is 5.69 Å². The minimum atomic E-state index is 0.741. The molecule has 0 aliphatic heterocycles. The smallest absolute Gasteiger partial charge is 0.116 e. The van der Waals surface area contributed by atoms with Crippen molar-refractivity contribution < 1.29 is 0 Å². The number of rotatable bonds is 1. The molecule has 0 unspecified atom stereocenters. The lowest BCUT2D eigenvalue weighted by atomic mass is 10.1. The van der Waals surface area contributed by atoms with Crippen molar-refractivity contribution in [3.8, 4) is 11.3 Å². The van der Waals surface area contributed by atoms with Crippen LogP contribution in [0.5, 0.6) is 0 Å². The SMILES string of the molecule is Nc1cccc(-c2ncnc3ccccc23)c1. The summed E-state index contributed by atoms with van der Waals surface area (Å²) in [5.74, 6) is 0. The van der Waals surface area contributed by atoms with Gasteiger partial charge in [-0.3, -0.25) is 0 Å². The second-order valence-corrected chi connectivity index (χ2v) is 3.86. The van der Waals surface area contributed by atoms with Gasteiger partial charge in [0.25, 0.3) is 0 Å². The van der Waals surface area contributed by atoms with E-state index in [1.807, 2.05) is 48.5 Å². The third-order valence-electron chi connectivity index (χ3n) is 2.70. The van der Waals surface area contributed by atoms with E-state index >= 15 is 0 Å². The Balaban J connectivity index is 2.30. The zero-order chi connectivity index (χ0) is 11.7. The van der Waals surface area contributed by atoms with Gasteiger partial charge in [-0.25, -0.2) is 9.97 Å². The molecule has 1 aromatic heterocycles. The quantitative estimate of drug-likeness (QED) is 0.643. The van der Waals surface area contributed by atoms with E-state index in [0.717, 1.165) is 27.8 Å². The summed E-state index contributed by atoms with van der Waals surface area (Å²) < 4.78 is 0. The first kappa shape index (κ1) is 9.78. The van der Waals surface area contributed by atoms with Crippen LogP contribution in [0.2, 0.25) is 0 Å². The standard InChI is InChI=1S/C14H11N3/c15-11-5-3-4-10(8-11)14-12-6-1-2-7-13(12)16-9-17-14/h1-9H,15H2. The maximum absolute atomic E-state index is 5.80. The number of hydrogen-bond donors (Lipinski definition) is 1. The van der Waals surface area contributed by atoms with E-state index in [1.54, 1.807) is 6.33 Å².